The van der Waals surface area contributed by atoms with E-state index in [0.29, 0.717) is 11.4 Å². The smallest absolute Gasteiger partial charge is 0.416 e. The fourth-order valence-corrected chi connectivity index (χ4v) is 4.21. The van der Waals surface area contributed by atoms with Gasteiger partial charge < -0.3 is 5.11 Å². The van der Waals surface area contributed by atoms with E-state index in [9.17, 15) is 18.3 Å². The van der Waals surface area contributed by atoms with Gasteiger partial charge in [-0.25, -0.2) is 0 Å². The second kappa shape index (κ2) is 8.13. The standard InChI is InChI=1S/C20H15Cl2F3OS/c21-18-13(6-10-16(26)19(18)22)2-1-3-15-9-11-17(27-15)12-4-7-14(8-5-12)20(23,24)25/h4-11,26H,1-3H2. The predicted molar refractivity (Wildman–Crippen MR) is 105 cm³/mol. The van der Waals surface area contributed by atoms with Gasteiger partial charge >= 0.3 is 6.18 Å². The average Bonchev–Trinajstić information content (AvgIpc) is 3.10. The number of hydrogen-bond acceptors (Lipinski definition) is 2. The van der Waals surface area contributed by atoms with E-state index in [0.717, 1.165) is 45.9 Å². The van der Waals surface area contributed by atoms with E-state index in [4.69, 9.17) is 23.2 Å². The minimum atomic E-state index is -4.32. The van der Waals surface area contributed by atoms with Crippen LogP contribution in [-0.4, -0.2) is 5.11 Å². The lowest BCUT2D eigenvalue weighted by Gasteiger charge is -2.07. The van der Waals surface area contributed by atoms with Crippen molar-refractivity contribution in [3.63, 3.8) is 0 Å². The molecule has 0 radical (unpaired) electrons. The quantitative estimate of drug-likeness (QED) is 0.441. The second-order valence-electron chi connectivity index (χ2n) is 6.07. The highest BCUT2D eigenvalue weighted by Gasteiger charge is 2.30. The van der Waals surface area contributed by atoms with Crippen molar-refractivity contribution in [2.75, 3.05) is 0 Å². The highest BCUT2D eigenvalue weighted by Crippen LogP contribution is 2.35. The normalized spacial score (nSPS) is 11.7. The summed E-state index contributed by atoms with van der Waals surface area (Å²) < 4.78 is 38.0. The van der Waals surface area contributed by atoms with E-state index >= 15 is 0 Å². The molecule has 3 aromatic rings. The lowest BCUT2D eigenvalue weighted by atomic mass is 10.1. The van der Waals surface area contributed by atoms with Gasteiger partial charge in [0.25, 0.3) is 0 Å². The topological polar surface area (TPSA) is 20.2 Å². The molecule has 0 unspecified atom stereocenters. The van der Waals surface area contributed by atoms with Crippen LogP contribution < -0.4 is 0 Å². The monoisotopic (exact) mass is 430 g/mol. The van der Waals surface area contributed by atoms with E-state index in [2.05, 4.69) is 0 Å². The van der Waals surface area contributed by atoms with Gasteiger partial charge in [0.15, 0.2) is 0 Å². The van der Waals surface area contributed by atoms with Crippen LogP contribution in [0.3, 0.4) is 0 Å². The summed E-state index contributed by atoms with van der Waals surface area (Å²) in [5.41, 5.74) is 0.999. The molecule has 0 spiro atoms. The van der Waals surface area contributed by atoms with Crippen molar-refractivity contribution in [1.29, 1.82) is 0 Å². The summed E-state index contributed by atoms with van der Waals surface area (Å²) in [5, 5.41) is 10.1. The van der Waals surface area contributed by atoms with Crippen LogP contribution in [0.2, 0.25) is 10.0 Å². The number of alkyl halides is 3. The molecule has 7 heteroatoms. The number of aryl methyl sites for hydroxylation is 2. The van der Waals surface area contributed by atoms with Crippen LogP contribution in [0.25, 0.3) is 10.4 Å². The Morgan fingerprint density at radius 2 is 1.56 bits per heavy atom. The molecule has 142 valence electrons. The van der Waals surface area contributed by atoms with Gasteiger partial charge in [0.1, 0.15) is 10.8 Å². The van der Waals surface area contributed by atoms with Crippen LogP contribution in [-0.2, 0) is 19.0 Å². The maximum atomic E-state index is 12.7. The molecular formula is C20H15Cl2F3OS. The van der Waals surface area contributed by atoms with Crippen molar-refractivity contribution in [1.82, 2.24) is 0 Å². The first-order valence-corrected chi connectivity index (χ1v) is 9.75. The van der Waals surface area contributed by atoms with Gasteiger partial charge in [-0.2, -0.15) is 13.2 Å². The number of thiophene rings is 1. The summed E-state index contributed by atoms with van der Waals surface area (Å²) in [7, 11) is 0. The molecule has 27 heavy (non-hydrogen) atoms. The molecule has 0 atom stereocenters. The first kappa shape index (κ1) is 20.1. The van der Waals surface area contributed by atoms with Gasteiger partial charge in [0.2, 0.25) is 0 Å². The summed E-state index contributed by atoms with van der Waals surface area (Å²) in [6.45, 7) is 0. The molecule has 2 aromatic carbocycles. The predicted octanol–water partition coefficient (Wildman–Crippen LogP) is 7.62. The van der Waals surface area contributed by atoms with Gasteiger partial charge in [-0.1, -0.05) is 41.4 Å². The molecule has 0 bridgehead atoms. The number of aromatic hydroxyl groups is 1. The van der Waals surface area contributed by atoms with E-state index in [-0.39, 0.29) is 10.8 Å². The number of phenolic OH excluding ortho intramolecular Hbond substituents is 1. The first-order valence-electron chi connectivity index (χ1n) is 8.18. The summed E-state index contributed by atoms with van der Waals surface area (Å²) in [4.78, 5) is 2.08. The largest absolute Gasteiger partial charge is 0.506 e. The summed E-state index contributed by atoms with van der Waals surface area (Å²) in [5.74, 6) is -0.0372. The average molecular weight is 431 g/mol. The molecule has 0 aliphatic carbocycles. The van der Waals surface area contributed by atoms with E-state index in [1.165, 1.54) is 18.2 Å². The lowest BCUT2D eigenvalue weighted by molar-refractivity contribution is -0.137. The van der Waals surface area contributed by atoms with Gasteiger partial charge in [-0.15, -0.1) is 11.3 Å². The molecule has 1 nitrogen and oxygen atoms in total. The van der Waals surface area contributed by atoms with Crippen LogP contribution in [0.1, 0.15) is 22.4 Å². The number of benzene rings is 2. The highest BCUT2D eigenvalue weighted by molar-refractivity contribution is 7.15. The van der Waals surface area contributed by atoms with Crippen molar-refractivity contribution in [2.45, 2.75) is 25.4 Å². The minimum absolute atomic E-state index is 0.0372. The summed E-state index contributed by atoms with van der Waals surface area (Å²) >= 11 is 13.6. The first-order chi connectivity index (χ1) is 12.8. The number of hydrogen-bond donors (Lipinski definition) is 1. The van der Waals surface area contributed by atoms with Crippen LogP contribution in [0.5, 0.6) is 5.75 Å². The molecule has 0 aliphatic rings. The fourth-order valence-electron chi connectivity index (χ4n) is 2.72. The van der Waals surface area contributed by atoms with E-state index in [1.54, 1.807) is 17.4 Å². The molecular weight excluding hydrogens is 416 g/mol. The lowest BCUT2D eigenvalue weighted by Crippen LogP contribution is -2.03. The molecule has 1 N–H and O–H groups in total. The third kappa shape index (κ3) is 4.78. The second-order valence-corrected chi connectivity index (χ2v) is 7.99. The van der Waals surface area contributed by atoms with Crippen LogP contribution in [0.15, 0.2) is 48.5 Å². The third-order valence-corrected chi connectivity index (χ3v) is 6.27. The van der Waals surface area contributed by atoms with Gasteiger partial charge in [0.05, 0.1) is 10.6 Å². The molecule has 3 rings (SSSR count). The molecule has 0 amide bonds. The maximum absolute atomic E-state index is 12.7. The zero-order valence-electron chi connectivity index (χ0n) is 14.0. The van der Waals surface area contributed by atoms with Crippen molar-refractivity contribution < 1.29 is 18.3 Å². The Balaban J connectivity index is 1.62. The van der Waals surface area contributed by atoms with Crippen molar-refractivity contribution in [3.8, 4) is 16.2 Å². The Hall–Kier alpha value is -1.69. The van der Waals surface area contributed by atoms with Gasteiger partial charge in [-0.3, -0.25) is 0 Å². The van der Waals surface area contributed by atoms with Crippen LogP contribution >= 0.6 is 34.5 Å². The maximum Gasteiger partial charge on any atom is 0.416 e. The highest BCUT2D eigenvalue weighted by atomic mass is 35.5. The molecule has 0 fully saturated rings. The Kier molecular flexibility index (Phi) is 6.04. The fraction of sp³-hybridized carbons (Fsp3) is 0.200. The Morgan fingerprint density at radius 1 is 0.852 bits per heavy atom. The third-order valence-electron chi connectivity index (χ3n) is 4.17. The van der Waals surface area contributed by atoms with Gasteiger partial charge in [0, 0.05) is 9.75 Å². The zero-order chi connectivity index (χ0) is 19.6. The number of halogens is 5. The Bertz CT molecular complexity index is 933. The van der Waals surface area contributed by atoms with Crippen LogP contribution in [0.4, 0.5) is 13.2 Å². The molecule has 0 saturated carbocycles. The Morgan fingerprint density at radius 3 is 2.22 bits per heavy atom. The molecule has 0 saturated heterocycles. The van der Waals surface area contributed by atoms with E-state index in [1.807, 2.05) is 12.1 Å². The SMILES string of the molecule is Oc1ccc(CCCc2ccc(-c3ccc(C(F)(F)F)cc3)s2)c(Cl)c1Cl. The molecule has 1 aromatic heterocycles. The van der Waals surface area contributed by atoms with E-state index < -0.39 is 11.7 Å². The summed E-state index contributed by atoms with van der Waals surface area (Å²) in [6, 6.07) is 12.4. The van der Waals surface area contributed by atoms with Crippen molar-refractivity contribution in [2.24, 2.45) is 0 Å². The number of rotatable bonds is 5. The Labute approximate surface area is 169 Å². The van der Waals surface area contributed by atoms with Crippen molar-refractivity contribution >= 4 is 34.5 Å². The molecule has 0 aliphatic heterocycles. The van der Waals surface area contributed by atoms with Gasteiger partial charge in [-0.05, 0) is 60.7 Å². The molecule has 1 heterocycles. The zero-order valence-corrected chi connectivity index (χ0v) is 16.3. The minimum Gasteiger partial charge on any atom is -0.506 e. The van der Waals surface area contributed by atoms with Crippen LogP contribution in [0, 0.1) is 0 Å². The van der Waals surface area contributed by atoms with Crippen molar-refractivity contribution in [3.05, 3.63) is 74.6 Å². The summed E-state index contributed by atoms with van der Waals surface area (Å²) in [6.07, 6.45) is -1.95. The number of phenols is 1.